The molecule has 0 unspecified atom stereocenters. The molecule has 0 heterocycles. The third-order valence-corrected chi connectivity index (χ3v) is 11.9. The van der Waals surface area contributed by atoms with Crippen LogP contribution in [0.15, 0.2) is 224 Å². The topological polar surface area (TPSA) is 3.24 Å². The minimum atomic E-state index is -0.547. The summed E-state index contributed by atoms with van der Waals surface area (Å²) in [6.45, 7) is 0. The van der Waals surface area contributed by atoms with Gasteiger partial charge in [-0.05, 0) is 113 Å². The molecule has 11 rings (SSSR count). The van der Waals surface area contributed by atoms with E-state index in [1.165, 1.54) is 76.8 Å². The first-order valence-electron chi connectivity index (χ1n) is 19.4. The predicted octanol–water partition coefficient (Wildman–Crippen LogP) is 14.6. The number of fused-ring (bicyclic) bond motifs is 9. The molecule has 0 radical (unpaired) electrons. The maximum atomic E-state index is 2.47. The Morgan fingerprint density at radius 2 is 0.768 bits per heavy atom. The maximum absolute atomic E-state index is 2.47. The summed E-state index contributed by atoms with van der Waals surface area (Å²) < 4.78 is 0. The van der Waals surface area contributed by atoms with Gasteiger partial charge in [-0.2, -0.15) is 0 Å². The first-order chi connectivity index (χ1) is 27.8. The first kappa shape index (κ1) is 32.2. The lowest BCUT2D eigenvalue weighted by atomic mass is 9.67. The lowest BCUT2D eigenvalue weighted by Crippen LogP contribution is -2.28. The van der Waals surface area contributed by atoms with E-state index in [0.29, 0.717) is 0 Å². The van der Waals surface area contributed by atoms with E-state index in [4.69, 9.17) is 0 Å². The molecule has 10 aromatic rings. The number of hydrogen-bond donors (Lipinski definition) is 0. The second-order valence-electron chi connectivity index (χ2n) is 14.8. The van der Waals surface area contributed by atoms with Gasteiger partial charge in [-0.15, -0.1) is 0 Å². The molecule has 0 aliphatic heterocycles. The highest BCUT2D eigenvalue weighted by Crippen LogP contribution is 2.59. The summed E-state index contributed by atoms with van der Waals surface area (Å²) in [4.78, 5) is 2.44. The SMILES string of the molecule is c1ccc(-c2cccc3c2-c2ccc(N(c4ccccc4)c4ccc5c6ccccc6c6ccccc6c5c4)cc2C3(c2ccccc2)c2ccccc2)cc1. The number of nitrogens with zero attached hydrogens (tertiary/aromatic N) is 1. The van der Waals surface area contributed by atoms with Crippen molar-refractivity contribution in [2.45, 2.75) is 5.41 Å². The Kier molecular flexibility index (Phi) is 7.47. The molecule has 262 valence electrons. The molecule has 56 heavy (non-hydrogen) atoms. The van der Waals surface area contributed by atoms with E-state index in [1.54, 1.807) is 0 Å². The van der Waals surface area contributed by atoms with Gasteiger partial charge in [0.2, 0.25) is 0 Å². The van der Waals surface area contributed by atoms with Gasteiger partial charge in [0.15, 0.2) is 0 Å². The van der Waals surface area contributed by atoms with E-state index < -0.39 is 5.41 Å². The predicted molar refractivity (Wildman–Crippen MR) is 236 cm³/mol. The molecule has 0 spiro atoms. The van der Waals surface area contributed by atoms with Crippen molar-refractivity contribution in [1.29, 1.82) is 0 Å². The zero-order valence-corrected chi connectivity index (χ0v) is 30.8. The summed E-state index contributed by atoms with van der Waals surface area (Å²) in [7, 11) is 0. The van der Waals surface area contributed by atoms with Crippen LogP contribution in [0.2, 0.25) is 0 Å². The van der Waals surface area contributed by atoms with Gasteiger partial charge in [0.1, 0.15) is 0 Å². The molecule has 0 fully saturated rings. The molecule has 10 aromatic carbocycles. The van der Waals surface area contributed by atoms with E-state index in [-0.39, 0.29) is 0 Å². The second kappa shape index (κ2) is 13.0. The molecule has 1 aliphatic carbocycles. The van der Waals surface area contributed by atoms with Crippen molar-refractivity contribution in [3.63, 3.8) is 0 Å². The molecule has 0 saturated carbocycles. The highest BCUT2D eigenvalue weighted by Gasteiger charge is 2.47. The fourth-order valence-electron chi connectivity index (χ4n) is 9.58. The average Bonchev–Trinajstić information content (AvgIpc) is 3.58. The first-order valence-corrected chi connectivity index (χ1v) is 19.4. The number of anilines is 3. The molecule has 0 amide bonds. The second-order valence-corrected chi connectivity index (χ2v) is 14.8. The van der Waals surface area contributed by atoms with Crippen molar-refractivity contribution < 1.29 is 0 Å². The molecule has 1 heteroatoms. The standard InChI is InChI=1S/C55H37N/c1-5-18-38(19-6-1)44-30-17-31-52-54(44)50-35-33-43(37-53(50)55(52,39-20-7-2-8-21-39)40-22-9-3-10-23-40)56(41-24-11-4-12-25-41)42-32-34-49-47-28-14-13-26-45(47)46-27-15-16-29-48(46)51(49)36-42/h1-37H. The van der Waals surface area contributed by atoms with Gasteiger partial charge >= 0.3 is 0 Å². The Balaban J connectivity index is 1.21. The molecular formula is C55H37N. The lowest BCUT2D eigenvalue weighted by molar-refractivity contribution is 0.768. The van der Waals surface area contributed by atoms with Crippen LogP contribution in [0.5, 0.6) is 0 Å². The molecule has 1 aliphatic rings. The normalized spacial score (nSPS) is 12.8. The van der Waals surface area contributed by atoms with Crippen LogP contribution in [-0.4, -0.2) is 0 Å². The van der Waals surface area contributed by atoms with Gasteiger partial charge < -0.3 is 4.90 Å². The van der Waals surface area contributed by atoms with Gasteiger partial charge in [0.05, 0.1) is 5.41 Å². The summed E-state index contributed by atoms with van der Waals surface area (Å²) in [6.07, 6.45) is 0. The Hall–Kier alpha value is -7.22. The van der Waals surface area contributed by atoms with Crippen molar-refractivity contribution in [1.82, 2.24) is 0 Å². The number of benzene rings is 10. The smallest absolute Gasteiger partial charge is 0.0714 e. The summed E-state index contributed by atoms with van der Waals surface area (Å²) in [5.74, 6) is 0. The largest absolute Gasteiger partial charge is 0.310 e. The van der Waals surface area contributed by atoms with Crippen LogP contribution >= 0.6 is 0 Å². The fraction of sp³-hybridized carbons (Fsp3) is 0.0182. The minimum absolute atomic E-state index is 0.547. The summed E-state index contributed by atoms with van der Waals surface area (Å²) in [5, 5.41) is 7.62. The Morgan fingerprint density at radius 3 is 1.38 bits per heavy atom. The molecule has 1 nitrogen and oxygen atoms in total. The number of hydrogen-bond acceptors (Lipinski definition) is 1. The molecule has 0 saturated heterocycles. The average molecular weight is 712 g/mol. The summed E-state index contributed by atoms with van der Waals surface area (Å²) >= 11 is 0. The minimum Gasteiger partial charge on any atom is -0.310 e. The summed E-state index contributed by atoms with van der Waals surface area (Å²) in [6, 6.07) is 82.6. The van der Waals surface area contributed by atoms with E-state index in [9.17, 15) is 0 Å². The van der Waals surface area contributed by atoms with Crippen molar-refractivity contribution in [3.8, 4) is 22.3 Å². The van der Waals surface area contributed by atoms with Gasteiger partial charge in [-0.25, -0.2) is 0 Å². The molecule has 0 N–H and O–H groups in total. The van der Waals surface area contributed by atoms with Crippen molar-refractivity contribution in [2.24, 2.45) is 0 Å². The van der Waals surface area contributed by atoms with Gasteiger partial charge in [-0.1, -0.05) is 188 Å². The molecular weight excluding hydrogens is 675 g/mol. The van der Waals surface area contributed by atoms with Crippen molar-refractivity contribution in [3.05, 3.63) is 247 Å². The maximum Gasteiger partial charge on any atom is 0.0714 e. The van der Waals surface area contributed by atoms with Crippen LogP contribution in [0.4, 0.5) is 17.1 Å². The van der Waals surface area contributed by atoms with Gasteiger partial charge in [-0.3, -0.25) is 0 Å². The summed E-state index contributed by atoms with van der Waals surface area (Å²) in [5.41, 5.74) is 12.9. The Morgan fingerprint density at radius 1 is 0.286 bits per heavy atom. The van der Waals surface area contributed by atoms with E-state index in [1.807, 2.05) is 0 Å². The van der Waals surface area contributed by atoms with Crippen LogP contribution < -0.4 is 4.90 Å². The molecule has 0 aromatic heterocycles. The monoisotopic (exact) mass is 711 g/mol. The van der Waals surface area contributed by atoms with E-state index in [0.717, 1.165) is 17.1 Å². The van der Waals surface area contributed by atoms with Crippen LogP contribution in [0.3, 0.4) is 0 Å². The molecule has 0 bridgehead atoms. The van der Waals surface area contributed by atoms with Gasteiger partial charge in [0.25, 0.3) is 0 Å². The molecule has 0 atom stereocenters. The van der Waals surface area contributed by atoms with Crippen molar-refractivity contribution in [2.75, 3.05) is 4.90 Å². The quantitative estimate of drug-likeness (QED) is 0.155. The van der Waals surface area contributed by atoms with Crippen LogP contribution in [0.1, 0.15) is 22.3 Å². The van der Waals surface area contributed by atoms with E-state index in [2.05, 4.69) is 229 Å². The van der Waals surface area contributed by atoms with Crippen molar-refractivity contribution >= 4 is 49.4 Å². The number of para-hydroxylation sites is 1. The zero-order valence-electron chi connectivity index (χ0n) is 30.8. The Labute approximate surface area is 327 Å². The highest BCUT2D eigenvalue weighted by molar-refractivity contribution is 6.25. The van der Waals surface area contributed by atoms with E-state index >= 15 is 0 Å². The highest BCUT2D eigenvalue weighted by atomic mass is 15.1. The van der Waals surface area contributed by atoms with Crippen LogP contribution in [0.25, 0.3) is 54.6 Å². The lowest BCUT2D eigenvalue weighted by Gasteiger charge is -2.35. The zero-order chi connectivity index (χ0) is 37.1. The number of rotatable bonds is 6. The third-order valence-electron chi connectivity index (χ3n) is 11.9. The fourth-order valence-corrected chi connectivity index (χ4v) is 9.58. The van der Waals surface area contributed by atoms with Crippen LogP contribution in [-0.2, 0) is 5.41 Å². The van der Waals surface area contributed by atoms with Gasteiger partial charge in [0, 0.05) is 17.1 Å². The third kappa shape index (κ3) is 4.81. The Bertz CT molecular complexity index is 2990. The van der Waals surface area contributed by atoms with Crippen LogP contribution in [0, 0.1) is 0 Å².